The van der Waals surface area contributed by atoms with E-state index in [1.165, 1.54) is 0 Å². The zero-order valence-corrected chi connectivity index (χ0v) is 18.7. The number of hydrogen-bond donors (Lipinski definition) is 0. The molecular weight excluding hydrogens is 670 g/mol. The molecule has 0 fully saturated rings. The molecule has 1 radical (unpaired) electrons. The fourth-order valence-electron chi connectivity index (χ4n) is 0.848. The first-order valence-electron chi connectivity index (χ1n) is 7.86. The second kappa shape index (κ2) is 15.1. The van der Waals surface area contributed by atoms with Crippen molar-refractivity contribution in [2.45, 2.75) is 37.1 Å². The molecule has 0 spiro atoms. The van der Waals surface area contributed by atoms with Crippen LogP contribution in [-0.2, 0) is 46.1 Å². The van der Waals surface area contributed by atoms with Crippen molar-refractivity contribution in [2.75, 3.05) is 0 Å². The van der Waals surface area contributed by atoms with Gasteiger partial charge in [-0.1, -0.05) is 0 Å². The first kappa shape index (κ1) is 43.9. The van der Waals surface area contributed by atoms with Crippen LogP contribution in [0.2, 0.25) is 0 Å². The quantitative estimate of drug-likeness (QED) is 0.236. The largest absolute Gasteiger partial charge is 3.00 e. The number of rotatable bonds is 6. The van der Waals surface area contributed by atoms with Crippen LogP contribution in [0, 0.1) is 19.3 Å². The summed E-state index contributed by atoms with van der Waals surface area (Å²) in [6, 6.07) is 0. The Labute approximate surface area is 217 Å². The topological polar surface area (TPSA) is 102 Å². The molecule has 0 aliphatic rings. The van der Waals surface area contributed by atoms with Crippen LogP contribution in [0.25, 0.3) is 0 Å². The summed E-state index contributed by atoms with van der Waals surface area (Å²) in [6.07, 6.45) is -35.8. The Morgan fingerprint density at radius 1 is 0.275 bits per heavy atom. The zero-order chi connectivity index (χ0) is 32.6. The van der Waals surface area contributed by atoms with Gasteiger partial charge in [0.15, 0.2) is 0 Å². The molecule has 40 heavy (non-hydrogen) atoms. The number of carbonyl (C=O) groups is 6. The molecule has 0 aliphatic carbocycles. The van der Waals surface area contributed by atoms with E-state index in [1.54, 1.807) is 0 Å². The molecule has 0 rings (SSSR count). The third-order valence-corrected chi connectivity index (χ3v) is 2.46. The van der Waals surface area contributed by atoms with E-state index in [1.807, 2.05) is 0 Å². The van der Waals surface area contributed by atoms with Gasteiger partial charge in [-0.05, 0) is 0 Å². The number of halogens is 18. The van der Waals surface area contributed by atoms with Crippen LogP contribution in [0.15, 0.2) is 0 Å². The Kier molecular flexibility index (Phi) is 16.5. The Balaban J connectivity index is -0.000000240. The molecule has 25 heteroatoms. The second-order valence-electron chi connectivity index (χ2n) is 5.61. The van der Waals surface area contributed by atoms with E-state index >= 15 is 0 Å². The van der Waals surface area contributed by atoms with E-state index in [-0.39, 0.29) is 17.4 Å². The van der Waals surface area contributed by atoms with Crippen LogP contribution in [-0.4, -0.2) is 71.8 Å². The van der Waals surface area contributed by atoms with E-state index in [2.05, 4.69) is 0 Å². The van der Waals surface area contributed by atoms with Crippen LogP contribution in [0.1, 0.15) is 0 Å². The van der Waals surface area contributed by atoms with Crippen LogP contribution >= 0.6 is 0 Å². The molecule has 231 valence electrons. The average molecular weight is 673 g/mol. The molecule has 0 bridgehead atoms. The summed E-state index contributed by atoms with van der Waals surface area (Å²) in [5.41, 5.74) is 0. The molecule has 0 heterocycles. The minimum absolute atomic E-state index is 0. The van der Waals surface area contributed by atoms with Gasteiger partial charge in [0.1, 0.15) is 34.7 Å². The summed E-state index contributed by atoms with van der Waals surface area (Å²) in [7, 11) is 0. The molecule has 0 aromatic rings. The Hall–Kier alpha value is -3.10. The van der Waals surface area contributed by atoms with Crippen molar-refractivity contribution in [3.05, 3.63) is 19.3 Å². The van der Waals surface area contributed by atoms with E-state index in [0.717, 1.165) is 0 Å². The summed E-state index contributed by atoms with van der Waals surface area (Å²) < 4.78 is 203. The van der Waals surface area contributed by atoms with E-state index in [4.69, 9.17) is 0 Å². The molecule has 0 saturated carbocycles. The molecule has 6 nitrogen and oxygen atoms in total. The Bertz CT molecular complexity index is 726. The molecular formula is C15H3CrF18O6. The van der Waals surface area contributed by atoms with Crippen molar-refractivity contribution in [1.82, 2.24) is 0 Å². The van der Waals surface area contributed by atoms with Gasteiger partial charge in [0.05, 0.1) is 0 Å². The van der Waals surface area contributed by atoms with E-state index in [0.29, 0.717) is 0 Å². The predicted molar refractivity (Wildman–Crippen MR) is 79.3 cm³/mol. The fraction of sp³-hybridized carbons (Fsp3) is 0.400. The maximum atomic E-state index is 11.3. The van der Waals surface area contributed by atoms with Crippen LogP contribution in [0.5, 0.6) is 0 Å². The molecule has 0 saturated heterocycles. The van der Waals surface area contributed by atoms with Crippen molar-refractivity contribution < 1.29 is 125 Å². The molecule has 0 aromatic carbocycles. The van der Waals surface area contributed by atoms with Gasteiger partial charge in [-0.2, -0.15) is 79.0 Å². The molecule has 0 aliphatic heterocycles. The minimum Gasteiger partial charge on any atom is -0.324 e. The summed E-state index contributed by atoms with van der Waals surface area (Å²) >= 11 is 0. The summed E-state index contributed by atoms with van der Waals surface area (Å²) in [4.78, 5) is 58.9. The van der Waals surface area contributed by atoms with Crippen molar-refractivity contribution in [3.63, 3.8) is 0 Å². The Morgan fingerprint density at radius 3 is 0.400 bits per heavy atom. The van der Waals surface area contributed by atoms with Crippen molar-refractivity contribution in [2.24, 2.45) is 0 Å². The average Bonchev–Trinajstić information content (AvgIpc) is 2.64. The number of hydrogen-bond acceptors (Lipinski definition) is 6. The van der Waals surface area contributed by atoms with Gasteiger partial charge in [-0.25, -0.2) is 19.3 Å². The van der Waals surface area contributed by atoms with Crippen molar-refractivity contribution in [1.29, 1.82) is 0 Å². The molecule has 0 unspecified atom stereocenters. The molecule has 0 aromatic heterocycles. The van der Waals surface area contributed by atoms with Crippen molar-refractivity contribution >= 4 is 34.7 Å². The first-order chi connectivity index (χ1) is 16.6. The predicted octanol–water partition coefficient (Wildman–Crippen LogP) is 4.36. The number of carbonyl (C=O) groups excluding carboxylic acids is 6. The smallest absolute Gasteiger partial charge is 0.324 e. The maximum absolute atomic E-state index is 11.3. The zero-order valence-electron chi connectivity index (χ0n) is 17.4. The standard InChI is InChI=1S/3C5HF6O2.Cr/c3*6-4(7,8)2(12)1-3(13)5(9,10)11;/h3*1H;/q3*-1;+3. The van der Waals surface area contributed by atoms with Gasteiger partial charge in [0.25, 0.3) is 0 Å². The number of ketones is 6. The van der Waals surface area contributed by atoms with Gasteiger partial charge >= 0.3 is 54.4 Å². The van der Waals surface area contributed by atoms with Gasteiger partial charge < -0.3 is 28.8 Å². The van der Waals surface area contributed by atoms with E-state index in [9.17, 15) is 108 Å². The maximum Gasteiger partial charge on any atom is 3.00 e. The number of Topliss-reactive ketones (excluding diaryl/α,β-unsaturated/α-hetero) is 6. The van der Waals surface area contributed by atoms with Crippen LogP contribution in [0.4, 0.5) is 79.0 Å². The van der Waals surface area contributed by atoms with Crippen LogP contribution < -0.4 is 0 Å². The third kappa shape index (κ3) is 19.9. The fourth-order valence-corrected chi connectivity index (χ4v) is 0.848. The number of alkyl halides is 18. The Morgan fingerprint density at radius 2 is 0.350 bits per heavy atom. The third-order valence-electron chi connectivity index (χ3n) is 2.46. The van der Waals surface area contributed by atoms with Gasteiger partial charge in [-0.15, -0.1) is 0 Å². The molecule has 0 amide bonds. The second-order valence-corrected chi connectivity index (χ2v) is 5.61. The van der Waals surface area contributed by atoms with Crippen molar-refractivity contribution in [3.8, 4) is 0 Å². The summed E-state index contributed by atoms with van der Waals surface area (Å²) in [5.74, 6) is -16.9. The minimum atomic E-state index is -5.46. The van der Waals surface area contributed by atoms with Gasteiger partial charge in [0, 0.05) is 0 Å². The van der Waals surface area contributed by atoms with Gasteiger partial charge in [-0.3, -0.25) is 0 Å². The molecule has 0 N–H and O–H groups in total. The SMILES string of the molecule is O=C([CH-]C(=O)C(F)(F)F)C(F)(F)F.O=C([CH-]C(=O)C(F)(F)F)C(F)(F)F.O=C([CH-]C(=O)C(F)(F)F)C(F)(F)F.[Cr+3]. The summed E-state index contributed by atoms with van der Waals surface area (Å²) in [6.45, 7) is 0. The molecule has 0 atom stereocenters. The monoisotopic (exact) mass is 673 g/mol. The van der Waals surface area contributed by atoms with Crippen LogP contribution in [0.3, 0.4) is 0 Å². The first-order valence-corrected chi connectivity index (χ1v) is 7.86. The van der Waals surface area contributed by atoms with E-state index < -0.39 is 91.0 Å². The normalized spacial score (nSPS) is 12.2. The van der Waals surface area contributed by atoms with Gasteiger partial charge in [0.2, 0.25) is 0 Å². The summed E-state index contributed by atoms with van der Waals surface area (Å²) in [5, 5.41) is 0.